The van der Waals surface area contributed by atoms with Crippen LogP contribution in [0.4, 0.5) is 0 Å². The fourth-order valence-electron chi connectivity index (χ4n) is 3.46. The highest BCUT2D eigenvalue weighted by Crippen LogP contribution is 2.28. The molecule has 1 saturated heterocycles. The molecule has 1 aliphatic heterocycles. The van der Waals surface area contributed by atoms with Gasteiger partial charge in [-0.05, 0) is 50.1 Å². The fraction of sp³-hybridized carbons (Fsp3) is 0.435. The van der Waals surface area contributed by atoms with E-state index < -0.39 is 5.60 Å². The van der Waals surface area contributed by atoms with Gasteiger partial charge in [0.05, 0.1) is 28.7 Å². The van der Waals surface area contributed by atoms with Crippen LogP contribution in [-0.4, -0.2) is 60.9 Å². The van der Waals surface area contributed by atoms with E-state index in [1.165, 1.54) is 0 Å². The molecule has 2 aromatic rings. The lowest BCUT2D eigenvalue weighted by Gasteiger charge is -2.27. The smallest absolute Gasteiger partial charge is 0.234 e. The van der Waals surface area contributed by atoms with E-state index in [0.717, 1.165) is 18.7 Å². The van der Waals surface area contributed by atoms with Crippen LogP contribution in [-0.2, 0) is 4.79 Å². The minimum absolute atomic E-state index is 0.0471. The molecule has 0 saturated carbocycles. The van der Waals surface area contributed by atoms with Crippen molar-refractivity contribution >= 4 is 29.1 Å². The number of carbonyl (C=O) groups excluding carboxylic acids is 1. The molecule has 0 radical (unpaired) electrons. The first-order chi connectivity index (χ1) is 14.9. The van der Waals surface area contributed by atoms with Gasteiger partial charge in [0.25, 0.3) is 0 Å². The number of amides is 1. The number of rotatable bonds is 9. The van der Waals surface area contributed by atoms with E-state index in [4.69, 9.17) is 32.7 Å². The Balaban J connectivity index is 1.37. The quantitative estimate of drug-likeness (QED) is 0.550. The first-order valence-electron chi connectivity index (χ1n) is 10.4. The predicted octanol–water partition coefficient (Wildman–Crippen LogP) is 3.78. The molecule has 2 aromatic carbocycles. The summed E-state index contributed by atoms with van der Waals surface area (Å²) in [4.78, 5) is 14.3. The third-order valence-corrected chi connectivity index (χ3v) is 5.95. The molecule has 3 rings (SSSR count). The maximum atomic E-state index is 12.2. The Morgan fingerprint density at radius 3 is 2.61 bits per heavy atom. The summed E-state index contributed by atoms with van der Waals surface area (Å²) >= 11 is 11.9. The number of carbonyl (C=O) groups is 1. The van der Waals surface area contributed by atoms with E-state index in [9.17, 15) is 9.90 Å². The number of nitrogens with one attached hydrogen (secondary N) is 1. The van der Waals surface area contributed by atoms with Crippen molar-refractivity contribution in [3.8, 4) is 11.5 Å². The lowest BCUT2D eigenvalue weighted by Crippen LogP contribution is -2.40. The van der Waals surface area contributed by atoms with E-state index in [1.54, 1.807) is 18.2 Å². The summed E-state index contributed by atoms with van der Waals surface area (Å²) in [6.45, 7) is 2.71. The van der Waals surface area contributed by atoms with Gasteiger partial charge in [0.2, 0.25) is 5.91 Å². The van der Waals surface area contributed by atoms with E-state index in [2.05, 4.69) is 10.2 Å². The average molecular weight is 467 g/mol. The van der Waals surface area contributed by atoms with Crippen molar-refractivity contribution in [3.63, 3.8) is 0 Å². The summed E-state index contributed by atoms with van der Waals surface area (Å²) in [5.41, 5.74) is -0.944. The van der Waals surface area contributed by atoms with Crippen LogP contribution in [0.2, 0.25) is 10.0 Å². The van der Waals surface area contributed by atoms with E-state index >= 15 is 0 Å². The average Bonchev–Trinajstić information content (AvgIpc) is 2.95. The van der Waals surface area contributed by atoms with Gasteiger partial charge >= 0.3 is 0 Å². The van der Waals surface area contributed by atoms with Gasteiger partial charge in [0, 0.05) is 12.6 Å². The van der Waals surface area contributed by atoms with Gasteiger partial charge in [-0.15, -0.1) is 0 Å². The largest absolute Gasteiger partial charge is 0.492 e. The first kappa shape index (κ1) is 23.7. The van der Waals surface area contributed by atoms with Crippen molar-refractivity contribution in [1.29, 1.82) is 0 Å². The summed E-state index contributed by atoms with van der Waals surface area (Å²) < 4.78 is 11.3. The number of hydrogen-bond acceptors (Lipinski definition) is 5. The van der Waals surface area contributed by atoms with Gasteiger partial charge in [-0.3, -0.25) is 9.69 Å². The van der Waals surface area contributed by atoms with Crippen LogP contribution in [0.5, 0.6) is 11.5 Å². The zero-order valence-electron chi connectivity index (χ0n) is 17.4. The summed E-state index contributed by atoms with van der Waals surface area (Å²) in [6.07, 6.45) is 1.92. The van der Waals surface area contributed by atoms with Crippen LogP contribution in [0, 0.1) is 0 Å². The first-order valence-corrected chi connectivity index (χ1v) is 11.2. The molecule has 168 valence electrons. The summed E-state index contributed by atoms with van der Waals surface area (Å²) in [5, 5.41) is 14.7. The molecule has 31 heavy (non-hydrogen) atoms. The number of likely N-dealkylation sites (tertiary alicyclic amines) is 1. The minimum atomic E-state index is -0.944. The number of ether oxygens (including phenoxy) is 2. The molecule has 1 amide bonds. The van der Waals surface area contributed by atoms with Crippen molar-refractivity contribution < 1.29 is 19.4 Å². The standard InChI is InChI=1S/C23H28Cl2N2O4/c24-20-8-7-19(15-21(20)25)31-17-23(29)9-4-12-27(13-10-23)16-22(28)26-11-14-30-18-5-2-1-3-6-18/h1-3,5-8,15,29H,4,9-14,16-17H2,(H,26,28)/t23-/m0/s1. The number of halogens is 2. The van der Waals surface area contributed by atoms with Crippen LogP contribution in [0.1, 0.15) is 19.3 Å². The van der Waals surface area contributed by atoms with Crippen LogP contribution in [0.3, 0.4) is 0 Å². The normalized spacial score (nSPS) is 19.5. The molecule has 8 heteroatoms. The number of nitrogens with zero attached hydrogens (tertiary/aromatic N) is 1. The topological polar surface area (TPSA) is 71.0 Å². The van der Waals surface area contributed by atoms with E-state index in [0.29, 0.717) is 54.9 Å². The van der Waals surface area contributed by atoms with Crippen LogP contribution in [0.15, 0.2) is 48.5 Å². The number of benzene rings is 2. The van der Waals surface area contributed by atoms with E-state index in [1.807, 2.05) is 30.3 Å². The molecule has 1 atom stereocenters. The summed E-state index contributed by atoms with van der Waals surface area (Å²) in [6, 6.07) is 14.5. The van der Waals surface area contributed by atoms with Crippen molar-refractivity contribution in [2.24, 2.45) is 0 Å². The molecule has 0 unspecified atom stereocenters. The van der Waals surface area contributed by atoms with Crippen LogP contribution >= 0.6 is 23.2 Å². The van der Waals surface area contributed by atoms with Gasteiger partial charge in [0.15, 0.2) is 0 Å². The Bertz CT molecular complexity index is 853. The van der Waals surface area contributed by atoms with Crippen molar-refractivity contribution in [2.75, 3.05) is 39.4 Å². The Hall–Kier alpha value is -1.99. The monoisotopic (exact) mass is 466 g/mol. The minimum Gasteiger partial charge on any atom is -0.492 e. The Labute approximate surface area is 193 Å². The highest BCUT2D eigenvalue weighted by atomic mass is 35.5. The lowest BCUT2D eigenvalue weighted by atomic mass is 9.96. The molecule has 1 fully saturated rings. The maximum absolute atomic E-state index is 12.2. The van der Waals surface area contributed by atoms with Crippen LogP contribution < -0.4 is 14.8 Å². The molecule has 6 nitrogen and oxygen atoms in total. The van der Waals surface area contributed by atoms with E-state index in [-0.39, 0.29) is 12.5 Å². The predicted molar refractivity (Wildman–Crippen MR) is 122 cm³/mol. The second kappa shape index (κ2) is 11.6. The van der Waals surface area contributed by atoms with Gasteiger partial charge in [-0.2, -0.15) is 0 Å². The molecule has 0 aliphatic carbocycles. The number of para-hydroxylation sites is 1. The summed E-state index contributed by atoms with van der Waals surface area (Å²) in [5.74, 6) is 1.31. The number of aliphatic hydroxyl groups is 1. The second-order valence-corrected chi connectivity index (χ2v) is 8.54. The SMILES string of the molecule is O=C(CN1CCC[C@@](O)(COc2ccc(Cl)c(Cl)c2)CC1)NCCOc1ccccc1. The number of hydrogen-bond donors (Lipinski definition) is 2. The zero-order chi connectivity index (χ0) is 22.1. The zero-order valence-corrected chi connectivity index (χ0v) is 18.9. The molecule has 0 spiro atoms. The Morgan fingerprint density at radius 2 is 1.84 bits per heavy atom. The molecular weight excluding hydrogens is 439 g/mol. The molecule has 1 heterocycles. The van der Waals surface area contributed by atoms with Gasteiger partial charge in [-0.1, -0.05) is 41.4 Å². The van der Waals surface area contributed by atoms with Gasteiger partial charge in [-0.25, -0.2) is 0 Å². The van der Waals surface area contributed by atoms with Gasteiger partial charge < -0.3 is 19.9 Å². The van der Waals surface area contributed by atoms with Crippen LogP contribution in [0.25, 0.3) is 0 Å². The summed E-state index contributed by atoms with van der Waals surface area (Å²) in [7, 11) is 0. The molecule has 1 aliphatic rings. The van der Waals surface area contributed by atoms with Crippen molar-refractivity contribution in [3.05, 3.63) is 58.6 Å². The third-order valence-electron chi connectivity index (χ3n) is 5.21. The Kier molecular flexibility index (Phi) is 8.84. The highest BCUT2D eigenvalue weighted by molar-refractivity contribution is 6.42. The van der Waals surface area contributed by atoms with Gasteiger partial charge in [0.1, 0.15) is 24.7 Å². The van der Waals surface area contributed by atoms with Crippen molar-refractivity contribution in [2.45, 2.75) is 24.9 Å². The molecular formula is C23H28Cl2N2O4. The highest BCUT2D eigenvalue weighted by Gasteiger charge is 2.31. The Morgan fingerprint density at radius 1 is 1.03 bits per heavy atom. The molecule has 2 N–H and O–H groups in total. The lowest BCUT2D eigenvalue weighted by molar-refractivity contribution is -0.122. The molecule has 0 aromatic heterocycles. The second-order valence-electron chi connectivity index (χ2n) is 7.73. The fourth-order valence-corrected chi connectivity index (χ4v) is 3.74. The maximum Gasteiger partial charge on any atom is 0.234 e. The molecule has 0 bridgehead atoms. The third kappa shape index (κ3) is 7.89. The van der Waals surface area contributed by atoms with Crippen molar-refractivity contribution in [1.82, 2.24) is 10.2 Å².